The molecule has 65 heavy (non-hydrogen) atoms. The number of nitrogens with zero attached hydrogens (tertiary/aromatic N) is 3. The van der Waals surface area contributed by atoms with Crippen molar-refractivity contribution in [2.24, 2.45) is 0 Å². The quantitative estimate of drug-likeness (QED) is 0.164. The number of para-hydroxylation sites is 2. The molecule has 3 heteroatoms. The lowest BCUT2D eigenvalue weighted by atomic mass is 9.67. The molecule has 9 aromatic carbocycles. The zero-order valence-corrected chi connectivity index (χ0v) is 35.6. The normalized spacial score (nSPS) is 15.0. The number of aromatic nitrogens is 2. The fourth-order valence-electron chi connectivity index (χ4n) is 11.3. The molecule has 0 amide bonds. The molecule has 11 aromatic rings. The molecule has 2 aliphatic rings. The highest BCUT2D eigenvalue weighted by Gasteiger charge is 2.46. The van der Waals surface area contributed by atoms with Crippen molar-refractivity contribution in [3.63, 3.8) is 0 Å². The smallest absolute Gasteiger partial charge is 0.0992 e. The van der Waals surface area contributed by atoms with Gasteiger partial charge in [-0.2, -0.15) is 5.26 Å². The lowest BCUT2D eigenvalue weighted by molar-refractivity contribution is 0.649. The fourth-order valence-corrected chi connectivity index (χ4v) is 11.3. The van der Waals surface area contributed by atoms with Gasteiger partial charge in [0, 0.05) is 38.3 Å². The highest BCUT2D eigenvalue weighted by atomic mass is 15.0. The Kier molecular flexibility index (Phi) is 8.32. The van der Waals surface area contributed by atoms with E-state index < -0.39 is 5.41 Å². The van der Waals surface area contributed by atoms with Gasteiger partial charge in [-0.25, -0.2) is 0 Å². The lowest BCUT2D eigenvalue weighted by Crippen LogP contribution is -2.28. The predicted octanol–water partition coefficient (Wildman–Crippen LogP) is 15.4. The fraction of sp³-hybridized carbons (Fsp3) is 0.0484. The number of rotatable bonds is 6. The van der Waals surface area contributed by atoms with E-state index >= 15 is 0 Å². The number of allylic oxidation sites excluding steroid dienone is 4. The molecule has 2 heterocycles. The first kappa shape index (κ1) is 37.1. The Bertz CT molecular complexity index is 3780. The molecule has 2 aliphatic carbocycles. The Hall–Kier alpha value is -8.45. The van der Waals surface area contributed by atoms with Gasteiger partial charge in [0.1, 0.15) is 0 Å². The van der Waals surface area contributed by atoms with Crippen molar-refractivity contribution in [2.75, 3.05) is 0 Å². The average Bonchev–Trinajstić information content (AvgIpc) is 4.00. The maximum Gasteiger partial charge on any atom is 0.0992 e. The second-order valence-electron chi connectivity index (χ2n) is 17.5. The molecule has 0 spiro atoms. The summed E-state index contributed by atoms with van der Waals surface area (Å²) in [5.41, 5.74) is 18.7. The van der Waals surface area contributed by atoms with Gasteiger partial charge in [0.05, 0.1) is 34.1 Å². The molecule has 3 nitrogen and oxygen atoms in total. The molecule has 1 atom stereocenters. The number of fused-ring (bicyclic) bond motifs is 9. The van der Waals surface area contributed by atoms with Gasteiger partial charge in [-0.05, 0) is 123 Å². The molecule has 0 N–H and O–H groups in total. The lowest BCUT2D eigenvalue weighted by Gasteiger charge is -2.33. The van der Waals surface area contributed by atoms with Crippen molar-refractivity contribution in [1.29, 1.82) is 5.26 Å². The van der Waals surface area contributed by atoms with Crippen molar-refractivity contribution >= 4 is 49.2 Å². The van der Waals surface area contributed by atoms with Crippen LogP contribution in [0.1, 0.15) is 45.8 Å². The van der Waals surface area contributed by atoms with Gasteiger partial charge in [0.15, 0.2) is 0 Å². The molecule has 0 saturated heterocycles. The van der Waals surface area contributed by atoms with Crippen LogP contribution < -0.4 is 0 Å². The highest BCUT2D eigenvalue weighted by molar-refractivity contribution is 6.12. The SMILES string of the molecule is N#Cc1cccc(-n2c3ccccc3c3cc(-c4ccc5c(c4)c4ccccc4n5C4C=CC(c5ccc6c(c5)-c5ccccc5C6(c5ccccc5)c5ccccc5)=CC4)ccc32)c1. The van der Waals surface area contributed by atoms with Gasteiger partial charge in [0.2, 0.25) is 0 Å². The number of benzene rings is 9. The van der Waals surface area contributed by atoms with Crippen LogP contribution in [-0.4, -0.2) is 9.13 Å². The molecule has 0 fully saturated rings. The van der Waals surface area contributed by atoms with Gasteiger partial charge in [-0.1, -0.05) is 170 Å². The van der Waals surface area contributed by atoms with Gasteiger partial charge < -0.3 is 9.13 Å². The van der Waals surface area contributed by atoms with Crippen molar-refractivity contribution in [1.82, 2.24) is 9.13 Å². The molecule has 1 unspecified atom stereocenters. The largest absolute Gasteiger partial charge is 0.333 e. The first-order valence-electron chi connectivity index (χ1n) is 22.5. The summed E-state index contributed by atoms with van der Waals surface area (Å²) >= 11 is 0. The summed E-state index contributed by atoms with van der Waals surface area (Å²) in [6.07, 6.45) is 8.08. The summed E-state index contributed by atoms with van der Waals surface area (Å²) in [4.78, 5) is 0. The molecule has 0 saturated carbocycles. The van der Waals surface area contributed by atoms with E-state index in [9.17, 15) is 5.26 Å². The Morgan fingerprint density at radius 3 is 1.77 bits per heavy atom. The monoisotopic (exact) mass is 827 g/mol. The Morgan fingerprint density at radius 2 is 1.05 bits per heavy atom. The van der Waals surface area contributed by atoms with E-state index in [0.717, 1.165) is 23.1 Å². The van der Waals surface area contributed by atoms with Gasteiger partial charge in [0.25, 0.3) is 0 Å². The van der Waals surface area contributed by atoms with Gasteiger partial charge >= 0.3 is 0 Å². The summed E-state index contributed by atoms with van der Waals surface area (Å²) in [5.74, 6) is 0. The van der Waals surface area contributed by atoms with E-state index in [1.807, 2.05) is 18.2 Å². The van der Waals surface area contributed by atoms with Crippen LogP contribution in [0, 0.1) is 11.3 Å². The summed E-state index contributed by atoms with van der Waals surface area (Å²) in [6, 6.07) is 79.8. The molecule has 0 aliphatic heterocycles. The van der Waals surface area contributed by atoms with E-state index in [1.54, 1.807) is 0 Å². The van der Waals surface area contributed by atoms with E-state index in [4.69, 9.17) is 0 Å². The van der Waals surface area contributed by atoms with Crippen molar-refractivity contribution < 1.29 is 0 Å². The first-order valence-corrected chi connectivity index (χ1v) is 22.5. The molecule has 304 valence electrons. The summed E-state index contributed by atoms with van der Waals surface area (Å²) in [6.45, 7) is 0. The highest BCUT2D eigenvalue weighted by Crippen LogP contribution is 2.56. The van der Waals surface area contributed by atoms with Crippen LogP contribution in [0.3, 0.4) is 0 Å². The van der Waals surface area contributed by atoms with Crippen LogP contribution in [0.4, 0.5) is 0 Å². The maximum absolute atomic E-state index is 9.67. The number of hydrogen-bond acceptors (Lipinski definition) is 1. The molecule has 0 radical (unpaired) electrons. The Morgan fingerprint density at radius 1 is 0.462 bits per heavy atom. The van der Waals surface area contributed by atoms with Crippen molar-refractivity contribution in [3.05, 3.63) is 264 Å². The van der Waals surface area contributed by atoms with Gasteiger partial charge in [-0.3, -0.25) is 0 Å². The van der Waals surface area contributed by atoms with E-state index in [0.29, 0.717) is 5.56 Å². The minimum absolute atomic E-state index is 0.174. The minimum Gasteiger partial charge on any atom is -0.333 e. The van der Waals surface area contributed by atoms with E-state index in [-0.39, 0.29) is 6.04 Å². The van der Waals surface area contributed by atoms with Crippen LogP contribution in [0.5, 0.6) is 0 Å². The minimum atomic E-state index is -0.398. The Labute approximate surface area is 377 Å². The third kappa shape index (κ3) is 5.54. The second-order valence-corrected chi connectivity index (χ2v) is 17.5. The van der Waals surface area contributed by atoms with E-state index in [1.165, 1.54) is 88.2 Å². The topological polar surface area (TPSA) is 33.6 Å². The van der Waals surface area contributed by atoms with Crippen LogP contribution in [0.25, 0.3) is 77.1 Å². The predicted molar refractivity (Wildman–Crippen MR) is 268 cm³/mol. The molecular formula is C62H41N3. The third-order valence-electron chi connectivity index (χ3n) is 14.1. The molecular weight excluding hydrogens is 787 g/mol. The van der Waals surface area contributed by atoms with Gasteiger partial charge in [-0.15, -0.1) is 0 Å². The number of nitriles is 1. The second kappa shape index (κ2) is 14.6. The van der Waals surface area contributed by atoms with Crippen LogP contribution in [0.2, 0.25) is 0 Å². The molecule has 13 rings (SSSR count). The summed E-state index contributed by atoms with van der Waals surface area (Å²) in [7, 11) is 0. The zero-order chi connectivity index (χ0) is 43.1. The van der Waals surface area contributed by atoms with E-state index in [2.05, 4.69) is 228 Å². The Balaban J connectivity index is 0.866. The molecule has 0 bridgehead atoms. The maximum atomic E-state index is 9.67. The first-order chi connectivity index (χ1) is 32.2. The third-order valence-corrected chi connectivity index (χ3v) is 14.1. The summed E-state index contributed by atoms with van der Waals surface area (Å²) < 4.78 is 4.81. The van der Waals surface area contributed by atoms with Crippen LogP contribution in [-0.2, 0) is 5.41 Å². The van der Waals surface area contributed by atoms with Crippen molar-refractivity contribution in [3.8, 4) is 34.0 Å². The standard InChI is InChI=1S/C62H41N3/c63-40-41-14-13-19-49(36-41)65-59-25-12-9-22-52(59)55-39-45(30-35-61(55)65)44-29-34-60-54(38-44)51-21-8-11-24-58(51)64(60)48-31-26-42(27-32-48)43-28-33-57-53(37-43)50-20-7-10-23-56(50)62(57,46-15-3-1-4-16-46)47-17-5-2-6-18-47/h1-31,33-39,48H,32H2. The summed E-state index contributed by atoms with van der Waals surface area (Å²) in [5, 5.41) is 14.6. The van der Waals surface area contributed by atoms with Crippen LogP contribution in [0.15, 0.2) is 231 Å². The average molecular weight is 828 g/mol. The van der Waals surface area contributed by atoms with Crippen molar-refractivity contribution in [2.45, 2.75) is 17.9 Å². The van der Waals surface area contributed by atoms with Crippen LogP contribution >= 0.6 is 0 Å². The number of hydrogen-bond donors (Lipinski definition) is 0. The molecule has 2 aromatic heterocycles. The zero-order valence-electron chi connectivity index (χ0n) is 35.6.